The molecule has 1 aliphatic rings. The third-order valence-electron chi connectivity index (χ3n) is 5.55. The molecule has 160 valence electrons. The Balaban J connectivity index is 1.88. The number of amides is 1. The van der Waals surface area contributed by atoms with Gasteiger partial charge in [0.1, 0.15) is 6.04 Å². The highest BCUT2D eigenvalue weighted by atomic mass is 16.5. The molecule has 0 bridgehead atoms. The quantitative estimate of drug-likeness (QED) is 0.631. The van der Waals surface area contributed by atoms with Crippen LogP contribution < -0.4 is 5.32 Å². The van der Waals surface area contributed by atoms with E-state index < -0.39 is 6.04 Å². The van der Waals surface area contributed by atoms with Crippen molar-refractivity contribution in [2.24, 2.45) is 0 Å². The fraction of sp³-hybridized carbons (Fsp3) is 0.440. The zero-order valence-electron chi connectivity index (χ0n) is 17.8. The Morgan fingerprint density at radius 3 is 2.27 bits per heavy atom. The van der Waals surface area contributed by atoms with Gasteiger partial charge in [-0.25, -0.2) is 0 Å². The third kappa shape index (κ3) is 6.42. The lowest BCUT2D eigenvalue weighted by Gasteiger charge is -2.32. The predicted molar refractivity (Wildman–Crippen MR) is 118 cm³/mol. The maximum absolute atomic E-state index is 13.5. The first-order valence-corrected chi connectivity index (χ1v) is 11.0. The molecule has 1 fully saturated rings. The van der Waals surface area contributed by atoms with Crippen LogP contribution in [0.3, 0.4) is 0 Å². The van der Waals surface area contributed by atoms with Gasteiger partial charge in [-0.15, -0.1) is 0 Å². The van der Waals surface area contributed by atoms with Gasteiger partial charge in [-0.05, 0) is 30.9 Å². The first kappa shape index (κ1) is 22.0. The highest BCUT2D eigenvalue weighted by Crippen LogP contribution is 2.25. The van der Waals surface area contributed by atoms with Crippen LogP contribution in [0.2, 0.25) is 0 Å². The van der Waals surface area contributed by atoms with Crippen molar-refractivity contribution >= 4 is 11.9 Å². The number of hydrogen-bond acceptors (Lipinski definition) is 4. The van der Waals surface area contributed by atoms with Crippen molar-refractivity contribution in [1.29, 1.82) is 0 Å². The summed E-state index contributed by atoms with van der Waals surface area (Å²) < 4.78 is 5.21. The summed E-state index contributed by atoms with van der Waals surface area (Å²) >= 11 is 0. The van der Waals surface area contributed by atoms with E-state index in [2.05, 4.69) is 5.32 Å². The highest BCUT2D eigenvalue weighted by molar-refractivity contribution is 5.84. The number of nitrogens with zero attached hydrogens (tertiary/aromatic N) is 1. The van der Waals surface area contributed by atoms with Crippen molar-refractivity contribution in [2.75, 3.05) is 13.2 Å². The molecule has 2 aromatic carbocycles. The van der Waals surface area contributed by atoms with E-state index in [1.165, 1.54) is 6.42 Å². The van der Waals surface area contributed by atoms with Gasteiger partial charge in [0.15, 0.2) is 0 Å². The summed E-state index contributed by atoms with van der Waals surface area (Å²) in [7, 11) is 0. The molecular formula is C25H32N2O3. The minimum Gasteiger partial charge on any atom is -0.465 e. The fourth-order valence-electron chi connectivity index (χ4n) is 4.12. The van der Waals surface area contributed by atoms with Crippen molar-refractivity contribution in [3.63, 3.8) is 0 Å². The van der Waals surface area contributed by atoms with Crippen LogP contribution in [0.4, 0.5) is 0 Å². The van der Waals surface area contributed by atoms with Gasteiger partial charge in [0, 0.05) is 12.6 Å². The van der Waals surface area contributed by atoms with Crippen molar-refractivity contribution < 1.29 is 14.3 Å². The lowest BCUT2D eigenvalue weighted by Crippen LogP contribution is -2.46. The summed E-state index contributed by atoms with van der Waals surface area (Å²) in [5.41, 5.74) is 1.93. The summed E-state index contributed by atoms with van der Waals surface area (Å²) in [6.07, 6.45) is 5.57. The molecule has 5 heteroatoms. The molecule has 1 saturated carbocycles. The van der Waals surface area contributed by atoms with E-state index in [0.29, 0.717) is 13.2 Å². The Labute approximate surface area is 179 Å². The first-order chi connectivity index (χ1) is 14.7. The molecule has 0 aromatic heterocycles. The zero-order chi connectivity index (χ0) is 21.2. The van der Waals surface area contributed by atoms with Crippen LogP contribution >= 0.6 is 0 Å². The number of carbonyl (C=O) groups excluding carboxylic acids is 2. The Morgan fingerprint density at radius 2 is 1.63 bits per heavy atom. The fourth-order valence-corrected chi connectivity index (χ4v) is 4.12. The molecule has 0 saturated heterocycles. The van der Waals surface area contributed by atoms with Crippen molar-refractivity contribution in [2.45, 2.75) is 57.7 Å². The van der Waals surface area contributed by atoms with Crippen LogP contribution in [0.25, 0.3) is 0 Å². The summed E-state index contributed by atoms with van der Waals surface area (Å²) in [6, 6.07) is 19.3. The maximum Gasteiger partial charge on any atom is 0.320 e. The molecule has 1 amide bonds. The van der Waals surface area contributed by atoms with E-state index in [1.54, 1.807) is 6.92 Å². The summed E-state index contributed by atoms with van der Waals surface area (Å²) in [5.74, 6) is -0.367. The van der Waals surface area contributed by atoms with Crippen molar-refractivity contribution in [1.82, 2.24) is 10.2 Å². The highest BCUT2D eigenvalue weighted by Gasteiger charge is 2.31. The third-order valence-corrected chi connectivity index (χ3v) is 5.55. The summed E-state index contributed by atoms with van der Waals surface area (Å²) in [6.45, 7) is 2.66. The molecule has 2 aromatic rings. The smallest absolute Gasteiger partial charge is 0.320 e. The van der Waals surface area contributed by atoms with Gasteiger partial charge in [0.2, 0.25) is 5.91 Å². The Kier molecular flexibility index (Phi) is 8.45. The number of ether oxygens (including phenoxy) is 1. The topological polar surface area (TPSA) is 58.6 Å². The average Bonchev–Trinajstić information content (AvgIpc) is 2.76. The molecule has 0 spiro atoms. The minimum atomic E-state index is -0.558. The predicted octanol–water partition coefficient (Wildman–Crippen LogP) is 4.24. The SMILES string of the molecule is CCOC(=O)CN(Cc1ccccc1)[C@@H](C(=O)NC1CCCCC1)c1ccccc1. The van der Waals surface area contributed by atoms with E-state index in [4.69, 9.17) is 4.74 Å². The Bertz CT molecular complexity index is 789. The maximum atomic E-state index is 13.5. The van der Waals surface area contributed by atoms with E-state index >= 15 is 0 Å². The van der Waals surface area contributed by atoms with E-state index in [1.807, 2.05) is 65.6 Å². The largest absolute Gasteiger partial charge is 0.465 e. The standard InChI is InChI=1S/C25H32N2O3/c1-2-30-23(28)19-27(18-20-12-6-3-7-13-20)24(21-14-8-4-9-15-21)25(29)26-22-16-10-5-11-17-22/h3-4,6-9,12-15,22,24H,2,5,10-11,16-19H2,1H3,(H,26,29)/t24-/m1/s1. The number of esters is 1. The van der Waals surface area contributed by atoms with Crippen LogP contribution in [0, 0.1) is 0 Å². The lowest BCUT2D eigenvalue weighted by atomic mass is 9.94. The van der Waals surface area contributed by atoms with Gasteiger partial charge >= 0.3 is 5.97 Å². The second kappa shape index (κ2) is 11.5. The van der Waals surface area contributed by atoms with E-state index in [-0.39, 0.29) is 24.5 Å². The second-order valence-corrected chi connectivity index (χ2v) is 7.85. The molecule has 3 rings (SSSR count). The lowest BCUT2D eigenvalue weighted by molar-refractivity contribution is -0.146. The summed E-state index contributed by atoms with van der Waals surface area (Å²) in [5, 5.41) is 3.26. The normalized spacial score (nSPS) is 15.5. The molecule has 1 N–H and O–H groups in total. The summed E-state index contributed by atoms with van der Waals surface area (Å²) in [4.78, 5) is 27.8. The van der Waals surface area contributed by atoms with Crippen LogP contribution in [-0.2, 0) is 20.9 Å². The molecule has 0 unspecified atom stereocenters. The van der Waals surface area contributed by atoms with Gasteiger partial charge in [0.25, 0.3) is 0 Å². The van der Waals surface area contributed by atoms with Crippen LogP contribution in [-0.4, -0.2) is 36.0 Å². The number of nitrogens with one attached hydrogen (secondary N) is 1. The van der Waals surface area contributed by atoms with E-state index in [0.717, 1.165) is 36.8 Å². The number of benzene rings is 2. The van der Waals surface area contributed by atoms with Gasteiger partial charge in [0.05, 0.1) is 13.2 Å². The van der Waals surface area contributed by atoms with Gasteiger partial charge < -0.3 is 10.1 Å². The number of rotatable bonds is 9. The van der Waals surface area contributed by atoms with Crippen molar-refractivity contribution in [3.8, 4) is 0 Å². The first-order valence-electron chi connectivity index (χ1n) is 11.0. The molecule has 1 atom stereocenters. The monoisotopic (exact) mass is 408 g/mol. The zero-order valence-corrected chi connectivity index (χ0v) is 17.8. The number of carbonyl (C=O) groups is 2. The van der Waals surface area contributed by atoms with Gasteiger partial charge in [-0.1, -0.05) is 79.9 Å². The average molecular weight is 409 g/mol. The van der Waals surface area contributed by atoms with Gasteiger partial charge in [-0.2, -0.15) is 0 Å². The molecular weight excluding hydrogens is 376 g/mol. The number of hydrogen-bond donors (Lipinski definition) is 1. The Morgan fingerprint density at radius 1 is 1.00 bits per heavy atom. The van der Waals surface area contributed by atoms with Gasteiger partial charge in [-0.3, -0.25) is 14.5 Å². The Hall–Kier alpha value is -2.66. The van der Waals surface area contributed by atoms with Crippen LogP contribution in [0.5, 0.6) is 0 Å². The molecule has 0 radical (unpaired) electrons. The van der Waals surface area contributed by atoms with Crippen molar-refractivity contribution in [3.05, 3.63) is 71.8 Å². The second-order valence-electron chi connectivity index (χ2n) is 7.85. The minimum absolute atomic E-state index is 0.0478. The van der Waals surface area contributed by atoms with Crippen LogP contribution in [0.15, 0.2) is 60.7 Å². The molecule has 1 aliphatic carbocycles. The molecule has 0 aliphatic heterocycles. The van der Waals surface area contributed by atoms with E-state index in [9.17, 15) is 9.59 Å². The van der Waals surface area contributed by atoms with Crippen LogP contribution in [0.1, 0.15) is 56.2 Å². The molecule has 30 heavy (non-hydrogen) atoms. The molecule has 0 heterocycles. The molecule has 5 nitrogen and oxygen atoms in total.